The van der Waals surface area contributed by atoms with Gasteiger partial charge in [0.1, 0.15) is 0 Å². The molecule has 18 heavy (non-hydrogen) atoms. The van der Waals surface area contributed by atoms with Crippen LogP contribution in [0.3, 0.4) is 0 Å². The van der Waals surface area contributed by atoms with Crippen LogP contribution in [0, 0.1) is 6.92 Å². The molecule has 0 bridgehead atoms. The van der Waals surface area contributed by atoms with Crippen molar-refractivity contribution in [1.82, 2.24) is 0 Å². The molecule has 0 heterocycles. The highest BCUT2D eigenvalue weighted by Crippen LogP contribution is 2.33. The molecule has 1 aromatic carbocycles. The van der Waals surface area contributed by atoms with Gasteiger partial charge < -0.3 is 19.7 Å². The molecule has 6 nitrogen and oxygen atoms in total. The van der Waals surface area contributed by atoms with E-state index in [1.165, 1.54) is 13.2 Å². The van der Waals surface area contributed by atoms with Gasteiger partial charge in [-0.3, -0.25) is 0 Å². The molecule has 2 N–H and O–H groups in total. The van der Waals surface area contributed by atoms with Crippen molar-refractivity contribution in [3.63, 3.8) is 0 Å². The van der Waals surface area contributed by atoms with E-state index >= 15 is 0 Å². The van der Waals surface area contributed by atoms with E-state index in [-0.39, 0.29) is 5.75 Å². The maximum atomic E-state index is 11.0. The Morgan fingerprint density at radius 2 is 1.78 bits per heavy atom. The van der Waals surface area contributed by atoms with Crippen molar-refractivity contribution in [3.05, 3.63) is 23.8 Å². The second kappa shape index (κ2) is 4.95. The minimum absolute atomic E-state index is 0.0739. The van der Waals surface area contributed by atoms with Crippen molar-refractivity contribution in [2.24, 2.45) is 0 Å². The molecule has 0 aliphatic carbocycles. The lowest BCUT2D eigenvalue weighted by Crippen LogP contribution is -2.49. The fraction of sp³-hybridized carbons (Fsp3) is 0.333. The molecule has 0 aliphatic heterocycles. The van der Waals surface area contributed by atoms with Gasteiger partial charge in [0.25, 0.3) is 5.60 Å². The number of methoxy groups -OCH3 is 1. The molecule has 0 radical (unpaired) electrons. The summed E-state index contributed by atoms with van der Waals surface area (Å²) in [5.41, 5.74) is -1.64. The number of carboxylic acid groups (broad SMARTS) is 2. The van der Waals surface area contributed by atoms with Gasteiger partial charge >= 0.3 is 11.9 Å². The van der Waals surface area contributed by atoms with Crippen molar-refractivity contribution in [3.8, 4) is 11.5 Å². The Balaban J connectivity index is 3.21. The number of hydrogen-bond donors (Lipinski definition) is 2. The Bertz CT molecular complexity index is 465. The number of aliphatic carboxylic acids is 2. The zero-order valence-electron chi connectivity index (χ0n) is 10.3. The van der Waals surface area contributed by atoms with E-state index in [9.17, 15) is 9.59 Å². The van der Waals surface area contributed by atoms with Crippen LogP contribution in [-0.2, 0) is 9.59 Å². The van der Waals surface area contributed by atoms with E-state index in [0.29, 0.717) is 11.3 Å². The Hall–Kier alpha value is -2.24. The fourth-order valence-electron chi connectivity index (χ4n) is 1.37. The summed E-state index contributed by atoms with van der Waals surface area (Å²) < 4.78 is 10.2. The molecular formula is C12H14O6. The number of rotatable bonds is 5. The largest absolute Gasteiger partial charge is 0.493 e. The topological polar surface area (TPSA) is 93.1 Å². The van der Waals surface area contributed by atoms with E-state index in [1.807, 2.05) is 0 Å². The van der Waals surface area contributed by atoms with Crippen LogP contribution in [0.4, 0.5) is 0 Å². The summed E-state index contributed by atoms with van der Waals surface area (Å²) in [6.45, 7) is 2.71. The minimum Gasteiger partial charge on any atom is -0.493 e. The van der Waals surface area contributed by atoms with E-state index in [2.05, 4.69) is 0 Å². The highest BCUT2D eigenvalue weighted by atomic mass is 16.6. The summed E-state index contributed by atoms with van der Waals surface area (Å²) in [6, 6.07) is 4.82. The van der Waals surface area contributed by atoms with E-state index in [4.69, 9.17) is 19.7 Å². The summed E-state index contributed by atoms with van der Waals surface area (Å²) in [4.78, 5) is 22.0. The van der Waals surface area contributed by atoms with Crippen LogP contribution in [0.15, 0.2) is 18.2 Å². The first-order valence-corrected chi connectivity index (χ1v) is 5.12. The zero-order chi connectivity index (χ0) is 13.9. The summed E-state index contributed by atoms with van der Waals surface area (Å²) >= 11 is 0. The number of aryl methyl sites for hydroxylation is 1. The van der Waals surface area contributed by atoms with Crippen LogP contribution >= 0.6 is 0 Å². The molecule has 0 atom stereocenters. The lowest BCUT2D eigenvalue weighted by molar-refractivity contribution is -0.170. The van der Waals surface area contributed by atoms with Crippen molar-refractivity contribution in [1.29, 1.82) is 0 Å². The maximum Gasteiger partial charge on any atom is 0.359 e. The highest BCUT2D eigenvalue weighted by molar-refractivity contribution is 6.01. The Morgan fingerprint density at radius 3 is 2.22 bits per heavy atom. The highest BCUT2D eigenvalue weighted by Gasteiger charge is 2.45. The van der Waals surface area contributed by atoms with Gasteiger partial charge in [-0.2, -0.15) is 0 Å². The first kappa shape index (κ1) is 13.8. The third-order valence-electron chi connectivity index (χ3n) is 2.51. The van der Waals surface area contributed by atoms with Gasteiger partial charge in [0, 0.05) is 0 Å². The number of para-hydroxylation sites is 1. The molecule has 0 saturated heterocycles. The molecule has 1 aromatic rings. The second-order valence-electron chi connectivity index (χ2n) is 3.85. The van der Waals surface area contributed by atoms with Crippen LogP contribution in [-0.4, -0.2) is 34.9 Å². The van der Waals surface area contributed by atoms with Crippen LogP contribution in [0.25, 0.3) is 0 Å². The Labute approximate surface area is 104 Å². The van der Waals surface area contributed by atoms with Gasteiger partial charge in [0.15, 0.2) is 11.5 Å². The van der Waals surface area contributed by atoms with Gasteiger partial charge in [0.2, 0.25) is 0 Å². The lowest BCUT2D eigenvalue weighted by atomic mass is 10.1. The molecule has 6 heteroatoms. The summed E-state index contributed by atoms with van der Waals surface area (Å²) in [6.07, 6.45) is 0. The van der Waals surface area contributed by atoms with Crippen molar-refractivity contribution in [2.45, 2.75) is 19.4 Å². The summed E-state index contributed by atoms with van der Waals surface area (Å²) in [5.74, 6) is -2.78. The molecule has 0 spiro atoms. The molecule has 0 amide bonds. The summed E-state index contributed by atoms with van der Waals surface area (Å²) in [5, 5.41) is 17.9. The average molecular weight is 254 g/mol. The normalized spacial score (nSPS) is 10.8. The zero-order valence-corrected chi connectivity index (χ0v) is 10.3. The molecule has 98 valence electrons. The second-order valence-corrected chi connectivity index (χ2v) is 3.85. The van der Waals surface area contributed by atoms with Crippen molar-refractivity contribution in [2.75, 3.05) is 7.11 Å². The molecule has 0 fully saturated rings. The number of hydrogen-bond acceptors (Lipinski definition) is 4. The summed E-state index contributed by atoms with van der Waals surface area (Å²) in [7, 11) is 1.40. The molecule has 0 aromatic heterocycles. The number of carboxylic acids is 2. The third-order valence-corrected chi connectivity index (χ3v) is 2.51. The predicted octanol–water partition coefficient (Wildman–Crippen LogP) is 1.31. The van der Waals surface area contributed by atoms with Gasteiger partial charge in [-0.15, -0.1) is 0 Å². The molecular weight excluding hydrogens is 240 g/mol. The fourth-order valence-corrected chi connectivity index (χ4v) is 1.37. The average Bonchev–Trinajstić information content (AvgIpc) is 2.28. The van der Waals surface area contributed by atoms with Gasteiger partial charge in [0.05, 0.1) is 7.11 Å². The Morgan fingerprint density at radius 1 is 1.22 bits per heavy atom. The lowest BCUT2D eigenvalue weighted by Gasteiger charge is -2.23. The number of benzene rings is 1. The monoisotopic (exact) mass is 254 g/mol. The van der Waals surface area contributed by atoms with Crippen molar-refractivity contribution < 1.29 is 29.3 Å². The van der Waals surface area contributed by atoms with Crippen molar-refractivity contribution >= 4 is 11.9 Å². The standard InChI is InChI=1S/C12H14O6/c1-7-5-4-6-8(9(7)17-3)18-12(2,10(13)14)11(15)16/h4-6H,1-3H3,(H,13,14)(H,15,16). The van der Waals surface area contributed by atoms with Crippen LogP contribution in [0.2, 0.25) is 0 Å². The van der Waals surface area contributed by atoms with Gasteiger partial charge in [-0.05, 0) is 25.5 Å². The number of carbonyl (C=O) groups is 2. The molecule has 0 aliphatic rings. The molecule has 0 unspecified atom stereocenters. The first-order chi connectivity index (χ1) is 8.32. The van der Waals surface area contributed by atoms with Crippen LogP contribution < -0.4 is 9.47 Å². The SMILES string of the molecule is COc1c(C)cccc1OC(C)(C(=O)O)C(=O)O. The first-order valence-electron chi connectivity index (χ1n) is 5.12. The smallest absolute Gasteiger partial charge is 0.359 e. The van der Waals surface area contributed by atoms with E-state index in [1.54, 1.807) is 19.1 Å². The number of ether oxygens (including phenoxy) is 2. The predicted molar refractivity (Wildman–Crippen MR) is 62.0 cm³/mol. The van der Waals surface area contributed by atoms with E-state index < -0.39 is 17.5 Å². The quantitative estimate of drug-likeness (QED) is 0.769. The molecule has 0 saturated carbocycles. The van der Waals surface area contributed by atoms with Gasteiger partial charge in [-0.25, -0.2) is 9.59 Å². The van der Waals surface area contributed by atoms with Crippen LogP contribution in [0.1, 0.15) is 12.5 Å². The van der Waals surface area contributed by atoms with E-state index in [0.717, 1.165) is 6.92 Å². The minimum atomic E-state index is -2.36. The van der Waals surface area contributed by atoms with Gasteiger partial charge in [-0.1, -0.05) is 12.1 Å². The van der Waals surface area contributed by atoms with Crippen LogP contribution in [0.5, 0.6) is 11.5 Å². The third kappa shape index (κ3) is 2.37. The molecule has 1 rings (SSSR count). The Kier molecular flexibility index (Phi) is 3.80. The maximum absolute atomic E-state index is 11.0.